The zero-order valence-electron chi connectivity index (χ0n) is 30.7. The van der Waals surface area contributed by atoms with Gasteiger partial charge in [0.1, 0.15) is 13.1 Å². The fourth-order valence-electron chi connectivity index (χ4n) is 6.55. The van der Waals surface area contributed by atoms with E-state index < -0.39 is 0 Å². The van der Waals surface area contributed by atoms with Gasteiger partial charge >= 0.3 is 0 Å². The second-order valence-electron chi connectivity index (χ2n) is 14.2. The van der Waals surface area contributed by atoms with Gasteiger partial charge in [-0.2, -0.15) is 0 Å². The van der Waals surface area contributed by atoms with Gasteiger partial charge in [-0.05, 0) is 31.8 Å². The van der Waals surface area contributed by atoms with E-state index in [0.717, 1.165) is 37.0 Å². The molecule has 0 spiro atoms. The van der Waals surface area contributed by atoms with E-state index in [1.54, 1.807) is 6.08 Å². The van der Waals surface area contributed by atoms with Crippen LogP contribution in [0.1, 0.15) is 194 Å². The predicted molar refractivity (Wildman–Crippen MR) is 200 cm³/mol. The zero-order valence-corrected chi connectivity index (χ0v) is 30.7. The van der Waals surface area contributed by atoms with E-state index >= 15 is 0 Å². The van der Waals surface area contributed by atoms with E-state index in [-0.39, 0.29) is 5.91 Å². The highest BCUT2D eigenvalue weighted by atomic mass is 16.1. The Hall–Kier alpha value is -1.42. The van der Waals surface area contributed by atoms with Crippen LogP contribution >= 0.6 is 0 Å². The van der Waals surface area contributed by atoms with E-state index in [2.05, 4.69) is 44.4 Å². The number of quaternary nitrogens is 1. The molecule has 0 aliphatic carbocycles. The fourth-order valence-corrected chi connectivity index (χ4v) is 6.55. The van der Waals surface area contributed by atoms with Crippen molar-refractivity contribution in [3.8, 4) is 0 Å². The Morgan fingerprint density at radius 3 is 1.47 bits per heavy atom. The highest BCUT2D eigenvalue weighted by molar-refractivity contribution is 5.88. The first kappa shape index (κ1) is 41.6. The summed E-state index contributed by atoms with van der Waals surface area (Å²) >= 11 is 0. The average Bonchev–Trinajstić information content (AvgIpc) is 3.40. The number of hydrogen-bond donors (Lipinski definition) is 1. The van der Waals surface area contributed by atoms with E-state index in [0.29, 0.717) is 6.54 Å². The van der Waals surface area contributed by atoms with Gasteiger partial charge < -0.3 is 5.32 Å². The number of hydrogen-bond acceptors (Lipinski definition) is 2. The van der Waals surface area contributed by atoms with Crippen LogP contribution in [-0.4, -0.2) is 49.5 Å². The van der Waals surface area contributed by atoms with Crippen LogP contribution in [0.25, 0.3) is 0 Å². The summed E-state index contributed by atoms with van der Waals surface area (Å²) < 4.78 is 0.831. The molecule has 0 bridgehead atoms. The minimum Gasteiger partial charge on any atom is -0.347 e. The molecule has 4 heteroatoms. The summed E-state index contributed by atoms with van der Waals surface area (Å²) in [5, 5.41) is 3.11. The lowest BCUT2D eigenvalue weighted by molar-refractivity contribution is -0.811. The maximum atomic E-state index is 12.3. The molecule has 1 amide bonds. The monoisotopic (exact) mass is 629 g/mol. The van der Waals surface area contributed by atoms with Gasteiger partial charge in [-0.3, -0.25) is 9.28 Å². The van der Waals surface area contributed by atoms with Gasteiger partial charge in [-0.15, -0.1) is 0 Å². The highest BCUT2D eigenvalue weighted by Gasteiger charge is 2.31. The van der Waals surface area contributed by atoms with E-state index in [4.69, 9.17) is 4.99 Å². The van der Waals surface area contributed by atoms with Crippen LogP contribution in [0, 0.1) is 0 Å². The standard InChI is InChI=1S/C41H77N3O/c1-4-6-8-10-12-14-16-18-20-22-24-26-28-30-32-34-40-42-36-38-44(40,3)39-37-43-41(45)35-33-31-29-27-25-23-21-19-17-15-13-11-9-7-5-2/h32-35H,4-31,36-39H2,1-3H3/p+1/b34-32+,35-33+. The van der Waals surface area contributed by atoms with Crippen molar-refractivity contribution in [2.24, 2.45) is 4.99 Å². The number of unbranched alkanes of at least 4 members (excludes halogenated alkanes) is 26. The molecular formula is C41H78N3O+. The van der Waals surface area contributed by atoms with Crippen molar-refractivity contribution < 1.29 is 9.28 Å². The molecular weight excluding hydrogens is 550 g/mol. The van der Waals surface area contributed by atoms with Crippen molar-refractivity contribution in [2.45, 2.75) is 194 Å². The first-order valence-corrected chi connectivity index (χ1v) is 20.1. The maximum Gasteiger partial charge on any atom is 0.243 e. The third-order valence-corrected chi connectivity index (χ3v) is 9.81. The van der Waals surface area contributed by atoms with Gasteiger partial charge in [-0.1, -0.05) is 180 Å². The third kappa shape index (κ3) is 25.4. The molecule has 1 aliphatic rings. The molecule has 0 aromatic carbocycles. The Bertz CT molecular complexity index is 758. The molecule has 0 saturated carbocycles. The number of nitrogens with zero attached hydrogens (tertiary/aromatic N) is 2. The van der Waals surface area contributed by atoms with Gasteiger partial charge in [0.05, 0.1) is 20.1 Å². The number of amidine groups is 1. The van der Waals surface area contributed by atoms with Crippen molar-refractivity contribution in [3.05, 3.63) is 24.3 Å². The molecule has 1 rings (SSSR count). The Morgan fingerprint density at radius 2 is 1.02 bits per heavy atom. The third-order valence-electron chi connectivity index (χ3n) is 9.81. The Kier molecular flexibility index (Phi) is 28.8. The van der Waals surface area contributed by atoms with Crippen LogP contribution in [-0.2, 0) is 4.79 Å². The second-order valence-corrected chi connectivity index (χ2v) is 14.2. The molecule has 1 heterocycles. The largest absolute Gasteiger partial charge is 0.347 e. The number of amides is 1. The molecule has 0 aromatic rings. The molecule has 45 heavy (non-hydrogen) atoms. The molecule has 262 valence electrons. The van der Waals surface area contributed by atoms with Gasteiger partial charge in [0.2, 0.25) is 11.7 Å². The van der Waals surface area contributed by atoms with Gasteiger partial charge in [0.15, 0.2) is 0 Å². The Balaban J connectivity index is 1.98. The number of likely N-dealkylation sites (N-methyl/N-ethyl adjacent to an activating group) is 1. The van der Waals surface area contributed by atoms with Crippen LogP contribution in [0.5, 0.6) is 0 Å². The molecule has 0 aromatic heterocycles. The number of aliphatic imine (C=N–C) groups is 1. The molecule has 1 unspecified atom stereocenters. The predicted octanol–water partition coefficient (Wildman–Crippen LogP) is 12.0. The van der Waals surface area contributed by atoms with Crippen molar-refractivity contribution >= 4 is 11.7 Å². The summed E-state index contributed by atoms with van der Waals surface area (Å²) in [6.07, 6.45) is 46.7. The minimum atomic E-state index is 0.0481. The quantitative estimate of drug-likeness (QED) is 0.0438. The smallest absolute Gasteiger partial charge is 0.243 e. The summed E-state index contributed by atoms with van der Waals surface area (Å²) in [6.45, 7) is 8.10. The number of rotatable bonds is 33. The number of carbonyl (C=O) groups is 1. The maximum absolute atomic E-state index is 12.3. The number of allylic oxidation sites excluding steroid dienone is 2. The van der Waals surface area contributed by atoms with Crippen LogP contribution < -0.4 is 5.32 Å². The fraction of sp³-hybridized carbons (Fsp3) is 0.854. The molecule has 1 atom stereocenters. The van der Waals surface area contributed by atoms with Crippen LogP contribution in [0.2, 0.25) is 0 Å². The SMILES string of the molecule is CCCCCCCCCCCCCCC/C=C/C(=O)NCC[N+]1(C)CCN=C1/C=C/CCCCCCCCCCCCCCC. The first-order chi connectivity index (χ1) is 22.1. The van der Waals surface area contributed by atoms with Crippen LogP contribution in [0.3, 0.4) is 0 Å². The summed E-state index contributed by atoms with van der Waals surface area (Å²) in [6, 6.07) is 0. The van der Waals surface area contributed by atoms with Crippen LogP contribution in [0.15, 0.2) is 29.3 Å². The zero-order chi connectivity index (χ0) is 32.5. The van der Waals surface area contributed by atoms with Crippen LogP contribution in [0.4, 0.5) is 0 Å². The van der Waals surface area contributed by atoms with Crippen molar-refractivity contribution in [2.75, 3.05) is 33.2 Å². The molecule has 0 saturated heterocycles. The van der Waals surface area contributed by atoms with Gasteiger partial charge in [-0.25, -0.2) is 4.99 Å². The van der Waals surface area contributed by atoms with Gasteiger partial charge in [0, 0.05) is 6.08 Å². The Labute approximate surface area is 282 Å². The number of carbonyl (C=O) groups excluding carboxylic acids is 1. The second kappa shape index (κ2) is 31.2. The summed E-state index contributed by atoms with van der Waals surface area (Å²) in [7, 11) is 2.26. The van der Waals surface area contributed by atoms with Crippen molar-refractivity contribution in [3.63, 3.8) is 0 Å². The lowest BCUT2D eigenvalue weighted by atomic mass is 10.0. The van der Waals surface area contributed by atoms with E-state index in [9.17, 15) is 4.79 Å². The summed E-state index contributed by atoms with van der Waals surface area (Å²) in [5.74, 6) is 1.23. The average molecular weight is 629 g/mol. The lowest BCUT2D eigenvalue weighted by Crippen LogP contribution is -2.50. The van der Waals surface area contributed by atoms with E-state index in [1.807, 2.05) is 0 Å². The lowest BCUT2D eigenvalue weighted by Gasteiger charge is -2.28. The van der Waals surface area contributed by atoms with E-state index in [1.165, 1.54) is 173 Å². The van der Waals surface area contributed by atoms with Gasteiger partial charge in [0.25, 0.3) is 0 Å². The topological polar surface area (TPSA) is 41.5 Å². The van der Waals surface area contributed by atoms with Crippen molar-refractivity contribution in [1.29, 1.82) is 0 Å². The van der Waals surface area contributed by atoms with Crippen molar-refractivity contribution in [1.82, 2.24) is 5.32 Å². The normalized spacial score (nSPS) is 16.7. The molecule has 1 aliphatic heterocycles. The molecule has 0 fully saturated rings. The molecule has 4 nitrogen and oxygen atoms in total. The summed E-state index contributed by atoms with van der Waals surface area (Å²) in [4.78, 5) is 17.1. The molecule has 0 radical (unpaired) electrons. The Morgan fingerprint density at radius 1 is 0.622 bits per heavy atom. The minimum absolute atomic E-state index is 0.0481. The first-order valence-electron chi connectivity index (χ1n) is 20.1. The number of nitrogens with one attached hydrogen (secondary N) is 1. The summed E-state index contributed by atoms with van der Waals surface area (Å²) in [5.41, 5.74) is 0. The molecule has 1 N–H and O–H groups in total. The highest BCUT2D eigenvalue weighted by Crippen LogP contribution is 2.16.